The van der Waals surface area contributed by atoms with Crippen LogP contribution >= 0.6 is 0 Å². The zero-order valence-electron chi connectivity index (χ0n) is 10.2. The van der Waals surface area contributed by atoms with E-state index in [1.165, 1.54) is 18.2 Å². The van der Waals surface area contributed by atoms with E-state index in [2.05, 4.69) is 0 Å². The summed E-state index contributed by atoms with van der Waals surface area (Å²) in [4.78, 5) is 20.6. The van der Waals surface area contributed by atoms with Crippen LogP contribution in [0.1, 0.15) is 21.9 Å². The van der Waals surface area contributed by atoms with Crippen LogP contribution in [0, 0.1) is 17.0 Å². The molecule has 1 aromatic heterocycles. The average Bonchev–Trinajstić information content (AvgIpc) is 2.85. The van der Waals surface area contributed by atoms with Crippen molar-refractivity contribution < 1.29 is 18.9 Å². The Labute approximate surface area is 108 Å². The summed E-state index contributed by atoms with van der Waals surface area (Å²) in [6.45, 7) is 1.88. The molecule has 1 aromatic carbocycles. The molecule has 0 saturated heterocycles. The zero-order valence-corrected chi connectivity index (χ0v) is 10.2. The number of carbonyl (C=O) groups is 1. The molecule has 0 amide bonds. The Kier molecular flexibility index (Phi) is 3.61. The molecule has 0 N–H and O–H groups in total. The molecule has 2 rings (SSSR count). The fourth-order valence-electron chi connectivity index (χ4n) is 1.59. The monoisotopic (exact) mass is 261 g/mol. The Morgan fingerprint density at radius 2 is 2.16 bits per heavy atom. The van der Waals surface area contributed by atoms with E-state index in [-0.39, 0.29) is 18.1 Å². The van der Waals surface area contributed by atoms with E-state index in [9.17, 15) is 14.9 Å². The second-order valence-corrected chi connectivity index (χ2v) is 3.92. The molecular weight excluding hydrogens is 250 g/mol. The second-order valence-electron chi connectivity index (χ2n) is 3.92. The van der Waals surface area contributed by atoms with Gasteiger partial charge in [0.05, 0.1) is 4.92 Å². The lowest BCUT2D eigenvalue weighted by atomic mass is 10.2. The number of hydrogen-bond acceptors (Lipinski definition) is 5. The van der Waals surface area contributed by atoms with Gasteiger partial charge in [-0.05, 0) is 30.7 Å². The van der Waals surface area contributed by atoms with Gasteiger partial charge in [0.1, 0.15) is 18.1 Å². The van der Waals surface area contributed by atoms with Gasteiger partial charge < -0.3 is 9.15 Å². The number of non-ortho nitro benzene ring substituents is 1. The lowest BCUT2D eigenvalue weighted by Gasteiger charge is -2.07. The van der Waals surface area contributed by atoms with E-state index >= 15 is 0 Å². The van der Waals surface area contributed by atoms with Gasteiger partial charge in [-0.2, -0.15) is 0 Å². The van der Waals surface area contributed by atoms with Crippen LogP contribution in [0.5, 0.6) is 5.75 Å². The highest BCUT2D eigenvalue weighted by molar-refractivity contribution is 5.70. The van der Waals surface area contributed by atoms with Crippen molar-refractivity contribution in [2.75, 3.05) is 0 Å². The average molecular weight is 261 g/mol. The van der Waals surface area contributed by atoms with Crippen molar-refractivity contribution >= 4 is 12.0 Å². The van der Waals surface area contributed by atoms with E-state index in [0.29, 0.717) is 23.4 Å². The summed E-state index contributed by atoms with van der Waals surface area (Å²) in [6.07, 6.45) is 0.612. The third kappa shape index (κ3) is 2.98. The summed E-state index contributed by atoms with van der Waals surface area (Å²) in [7, 11) is 0. The number of aldehydes is 1. The molecule has 0 atom stereocenters. The van der Waals surface area contributed by atoms with Crippen LogP contribution in [0.25, 0.3) is 0 Å². The standard InChI is InChI=1S/C13H11NO5/c1-9-6-10(14(16)17)2-5-13(9)18-8-12-4-3-11(7-15)19-12/h2-7H,8H2,1H3. The number of aryl methyl sites for hydroxylation is 1. The van der Waals surface area contributed by atoms with Crippen LogP contribution in [-0.2, 0) is 6.61 Å². The minimum Gasteiger partial charge on any atom is -0.485 e. The molecule has 0 bridgehead atoms. The van der Waals surface area contributed by atoms with Crippen LogP contribution in [0.15, 0.2) is 34.7 Å². The molecule has 0 aliphatic carbocycles. The fourth-order valence-corrected chi connectivity index (χ4v) is 1.59. The van der Waals surface area contributed by atoms with Gasteiger partial charge in [-0.15, -0.1) is 0 Å². The SMILES string of the molecule is Cc1cc([N+](=O)[O-])ccc1OCc1ccc(C=O)o1. The van der Waals surface area contributed by atoms with Crippen molar-refractivity contribution in [1.29, 1.82) is 0 Å². The van der Waals surface area contributed by atoms with Gasteiger partial charge in [-0.3, -0.25) is 14.9 Å². The summed E-state index contributed by atoms with van der Waals surface area (Å²) < 4.78 is 10.6. The number of rotatable bonds is 5. The molecule has 6 nitrogen and oxygen atoms in total. The number of furan rings is 1. The smallest absolute Gasteiger partial charge is 0.269 e. The fraction of sp³-hybridized carbons (Fsp3) is 0.154. The van der Waals surface area contributed by atoms with E-state index < -0.39 is 4.92 Å². The quantitative estimate of drug-likeness (QED) is 0.469. The second kappa shape index (κ2) is 5.34. The van der Waals surface area contributed by atoms with Gasteiger partial charge in [-0.1, -0.05) is 0 Å². The predicted molar refractivity (Wildman–Crippen MR) is 66.3 cm³/mol. The van der Waals surface area contributed by atoms with E-state index in [4.69, 9.17) is 9.15 Å². The van der Waals surface area contributed by atoms with Crippen LogP contribution in [0.2, 0.25) is 0 Å². The number of nitrogens with zero attached hydrogens (tertiary/aromatic N) is 1. The maximum Gasteiger partial charge on any atom is 0.269 e. The predicted octanol–water partition coefficient (Wildman–Crippen LogP) is 2.89. The third-order valence-corrected chi connectivity index (χ3v) is 2.54. The van der Waals surface area contributed by atoms with Crippen LogP contribution in [-0.4, -0.2) is 11.2 Å². The van der Waals surface area contributed by atoms with Crippen molar-refractivity contribution in [2.24, 2.45) is 0 Å². The number of benzene rings is 1. The number of hydrogen-bond donors (Lipinski definition) is 0. The first-order valence-electron chi connectivity index (χ1n) is 5.52. The van der Waals surface area contributed by atoms with Crippen molar-refractivity contribution in [3.63, 3.8) is 0 Å². The van der Waals surface area contributed by atoms with Crippen molar-refractivity contribution in [1.82, 2.24) is 0 Å². The number of nitro groups is 1. The Bertz CT molecular complexity index is 617. The Balaban J connectivity index is 2.07. The van der Waals surface area contributed by atoms with Gasteiger partial charge in [0.25, 0.3) is 5.69 Å². The highest BCUT2D eigenvalue weighted by atomic mass is 16.6. The van der Waals surface area contributed by atoms with Crippen molar-refractivity contribution in [2.45, 2.75) is 13.5 Å². The zero-order chi connectivity index (χ0) is 13.8. The largest absolute Gasteiger partial charge is 0.485 e. The highest BCUT2D eigenvalue weighted by Gasteiger charge is 2.09. The number of nitro benzene ring substituents is 1. The normalized spacial score (nSPS) is 10.2. The maximum absolute atomic E-state index is 10.6. The molecule has 1 heterocycles. The van der Waals surface area contributed by atoms with Gasteiger partial charge in [0.15, 0.2) is 12.0 Å². The summed E-state index contributed by atoms with van der Waals surface area (Å²) in [6, 6.07) is 7.55. The Hall–Kier alpha value is -2.63. The molecular formula is C13H11NO5. The molecule has 6 heteroatoms. The molecule has 0 radical (unpaired) electrons. The van der Waals surface area contributed by atoms with Crippen LogP contribution < -0.4 is 4.74 Å². The topological polar surface area (TPSA) is 82.6 Å². The Morgan fingerprint density at radius 1 is 1.37 bits per heavy atom. The summed E-state index contributed by atoms with van der Waals surface area (Å²) >= 11 is 0. The molecule has 98 valence electrons. The maximum atomic E-state index is 10.6. The highest BCUT2D eigenvalue weighted by Crippen LogP contribution is 2.24. The van der Waals surface area contributed by atoms with Gasteiger partial charge in [0, 0.05) is 12.1 Å². The minimum atomic E-state index is -0.459. The van der Waals surface area contributed by atoms with Gasteiger partial charge in [-0.25, -0.2) is 0 Å². The van der Waals surface area contributed by atoms with Crippen LogP contribution in [0.4, 0.5) is 5.69 Å². The van der Waals surface area contributed by atoms with Gasteiger partial charge in [0.2, 0.25) is 0 Å². The van der Waals surface area contributed by atoms with E-state index in [1.807, 2.05) is 0 Å². The summed E-state index contributed by atoms with van der Waals surface area (Å²) in [5.74, 6) is 1.29. The van der Waals surface area contributed by atoms with Crippen molar-refractivity contribution in [3.05, 3.63) is 57.5 Å². The summed E-state index contributed by atoms with van der Waals surface area (Å²) in [5.41, 5.74) is 0.683. The van der Waals surface area contributed by atoms with Crippen LogP contribution in [0.3, 0.4) is 0 Å². The first kappa shape index (κ1) is 12.8. The van der Waals surface area contributed by atoms with Crippen molar-refractivity contribution in [3.8, 4) is 5.75 Å². The molecule has 0 spiro atoms. The lowest BCUT2D eigenvalue weighted by Crippen LogP contribution is -1.97. The molecule has 0 aliphatic heterocycles. The number of ether oxygens (including phenoxy) is 1. The molecule has 0 saturated carbocycles. The van der Waals surface area contributed by atoms with Gasteiger partial charge >= 0.3 is 0 Å². The number of carbonyl (C=O) groups excluding carboxylic acids is 1. The van der Waals surface area contributed by atoms with E-state index in [1.54, 1.807) is 19.1 Å². The molecule has 19 heavy (non-hydrogen) atoms. The van der Waals surface area contributed by atoms with E-state index in [0.717, 1.165) is 0 Å². The molecule has 0 fully saturated rings. The molecule has 0 unspecified atom stereocenters. The first-order chi connectivity index (χ1) is 9.10. The first-order valence-corrected chi connectivity index (χ1v) is 5.52. The molecule has 2 aromatic rings. The molecule has 0 aliphatic rings. The minimum absolute atomic E-state index is 0.0195. The summed E-state index contributed by atoms with van der Waals surface area (Å²) in [5, 5.41) is 10.6. The third-order valence-electron chi connectivity index (χ3n) is 2.54. The Morgan fingerprint density at radius 3 is 2.74 bits per heavy atom. The lowest BCUT2D eigenvalue weighted by molar-refractivity contribution is -0.384.